The van der Waals surface area contributed by atoms with Gasteiger partial charge in [0.1, 0.15) is 5.82 Å². The van der Waals surface area contributed by atoms with E-state index in [1.165, 1.54) is 12.1 Å². The van der Waals surface area contributed by atoms with Crippen LogP contribution in [0.15, 0.2) is 36.5 Å². The van der Waals surface area contributed by atoms with Crippen molar-refractivity contribution in [3.8, 4) is 0 Å². The van der Waals surface area contributed by atoms with Crippen molar-refractivity contribution in [1.82, 2.24) is 10.3 Å². The number of hydrogen-bond acceptors (Lipinski definition) is 2. The van der Waals surface area contributed by atoms with Gasteiger partial charge in [0.15, 0.2) is 0 Å². The molecule has 4 heteroatoms. The number of hydrogen-bond donors (Lipinski definition) is 1. The molecule has 0 amide bonds. The summed E-state index contributed by atoms with van der Waals surface area (Å²) in [5.74, 6) is -0.266. The van der Waals surface area contributed by atoms with Crippen molar-refractivity contribution in [3.63, 3.8) is 0 Å². The maximum atomic E-state index is 13.4. The van der Waals surface area contributed by atoms with E-state index < -0.39 is 0 Å². The molecular weight excluding hydrogens is 275 g/mol. The molecule has 106 valence electrons. The fourth-order valence-electron chi connectivity index (χ4n) is 2.29. The SMILES string of the molecule is CCNC(Cc1cc(F)ccc1Cl)c1ncccc1C. The van der Waals surface area contributed by atoms with Crippen LogP contribution >= 0.6 is 11.6 Å². The van der Waals surface area contributed by atoms with E-state index in [0.29, 0.717) is 11.4 Å². The zero-order valence-corrected chi connectivity index (χ0v) is 12.4. The number of rotatable bonds is 5. The monoisotopic (exact) mass is 292 g/mol. The van der Waals surface area contributed by atoms with Crippen LogP contribution < -0.4 is 5.32 Å². The van der Waals surface area contributed by atoms with Gasteiger partial charge in [0.25, 0.3) is 0 Å². The molecule has 1 atom stereocenters. The van der Waals surface area contributed by atoms with Gasteiger partial charge < -0.3 is 5.32 Å². The number of halogens is 2. The van der Waals surface area contributed by atoms with Crippen LogP contribution in [0.2, 0.25) is 5.02 Å². The van der Waals surface area contributed by atoms with E-state index in [0.717, 1.165) is 23.4 Å². The number of benzene rings is 1. The second kappa shape index (κ2) is 6.82. The van der Waals surface area contributed by atoms with Gasteiger partial charge in [0, 0.05) is 11.2 Å². The van der Waals surface area contributed by atoms with Gasteiger partial charge in [-0.05, 0) is 55.3 Å². The standard InChI is InChI=1S/C16H18ClFN2/c1-3-19-15(16-11(2)5-4-8-20-16)10-12-9-13(18)6-7-14(12)17/h4-9,15,19H,3,10H2,1-2H3. The highest BCUT2D eigenvalue weighted by molar-refractivity contribution is 6.31. The zero-order valence-electron chi connectivity index (χ0n) is 11.7. The molecule has 0 saturated heterocycles. The third kappa shape index (κ3) is 3.56. The first kappa shape index (κ1) is 14.9. The van der Waals surface area contributed by atoms with Crippen LogP contribution in [0.5, 0.6) is 0 Å². The molecule has 0 aliphatic carbocycles. The molecule has 0 saturated carbocycles. The van der Waals surface area contributed by atoms with E-state index in [-0.39, 0.29) is 11.9 Å². The van der Waals surface area contributed by atoms with Crippen LogP contribution in [0.4, 0.5) is 4.39 Å². The lowest BCUT2D eigenvalue weighted by atomic mass is 9.99. The van der Waals surface area contributed by atoms with Gasteiger partial charge in [0.2, 0.25) is 0 Å². The lowest BCUT2D eigenvalue weighted by Gasteiger charge is -2.20. The van der Waals surface area contributed by atoms with E-state index in [1.807, 2.05) is 26.0 Å². The van der Waals surface area contributed by atoms with Gasteiger partial charge in [-0.2, -0.15) is 0 Å². The largest absolute Gasteiger partial charge is 0.309 e. The highest BCUT2D eigenvalue weighted by Crippen LogP contribution is 2.25. The number of aromatic nitrogens is 1. The summed E-state index contributed by atoms with van der Waals surface area (Å²) in [4.78, 5) is 4.45. The van der Waals surface area contributed by atoms with Crippen LogP contribution in [-0.2, 0) is 6.42 Å². The molecule has 0 radical (unpaired) electrons. The summed E-state index contributed by atoms with van der Waals surface area (Å²) in [7, 11) is 0. The minimum atomic E-state index is -0.266. The molecule has 0 spiro atoms. The van der Waals surface area contributed by atoms with Gasteiger partial charge in [-0.15, -0.1) is 0 Å². The maximum absolute atomic E-state index is 13.4. The molecule has 1 N–H and O–H groups in total. The zero-order chi connectivity index (χ0) is 14.5. The van der Waals surface area contributed by atoms with Crippen LogP contribution in [0.25, 0.3) is 0 Å². The third-order valence-corrected chi connectivity index (χ3v) is 3.63. The first-order valence-electron chi connectivity index (χ1n) is 6.70. The Balaban J connectivity index is 2.30. The Bertz CT molecular complexity index is 586. The van der Waals surface area contributed by atoms with E-state index >= 15 is 0 Å². The molecule has 2 nitrogen and oxygen atoms in total. The van der Waals surface area contributed by atoms with Crippen molar-refractivity contribution in [3.05, 3.63) is 64.2 Å². The molecule has 1 unspecified atom stereocenters. The molecule has 2 rings (SSSR count). The molecule has 1 aromatic carbocycles. The van der Waals surface area contributed by atoms with Crippen molar-refractivity contribution < 1.29 is 4.39 Å². The highest BCUT2D eigenvalue weighted by Gasteiger charge is 2.16. The highest BCUT2D eigenvalue weighted by atomic mass is 35.5. The average Bonchev–Trinajstić information content (AvgIpc) is 2.43. The predicted octanol–water partition coefficient (Wildman–Crippen LogP) is 4.08. The summed E-state index contributed by atoms with van der Waals surface area (Å²) < 4.78 is 13.4. The van der Waals surface area contributed by atoms with Crippen molar-refractivity contribution in [1.29, 1.82) is 0 Å². The van der Waals surface area contributed by atoms with Crippen LogP contribution in [0, 0.1) is 12.7 Å². The van der Waals surface area contributed by atoms with Crippen molar-refractivity contribution >= 4 is 11.6 Å². The Morgan fingerprint density at radius 2 is 2.15 bits per heavy atom. The third-order valence-electron chi connectivity index (χ3n) is 3.26. The summed E-state index contributed by atoms with van der Waals surface area (Å²) in [5.41, 5.74) is 2.89. The number of aryl methyl sites for hydroxylation is 1. The lowest BCUT2D eigenvalue weighted by molar-refractivity contribution is 0.531. The minimum absolute atomic E-state index is 0.0282. The Hall–Kier alpha value is -1.45. The van der Waals surface area contributed by atoms with Crippen LogP contribution in [0.1, 0.15) is 29.8 Å². The molecule has 1 aromatic heterocycles. The number of nitrogens with zero attached hydrogens (tertiary/aromatic N) is 1. The van der Waals surface area contributed by atoms with E-state index in [1.54, 1.807) is 12.3 Å². The topological polar surface area (TPSA) is 24.9 Å². The predicted molar refractivity (Wildman–Crippen MR) is 80.5 cm³/mol. The van der Waals surface area contributed by atoms with Gasteiger partial charge in [-0.25, -0.2) is 4.39 Å². The van der Waals surface area contributed by atoms with Crippen molar-refractivity contribution in [2.24, 2.45) is 0 Å². The summed E-state index contributed by atoms with van der Waals surface area (Å²) in [5, 5.41) is 3.98. The summed E-state index contributed by atoms with van der Waals surface area (Å²) >= 11 is 6.15. The first-order valence-corrected chi connectivity index (χ1v) is 7.08. The smallest absolute Gasteiger partial charge is 0.123 e. The molecule has 0 aliphatic heterocycles. The molecule has 0 bridgehead atoms. The quantitative estimate of drug-likeness (QED) is 0.898. The second-order valence-electron chi connectivity index (χ2n) is 4.76. The normalized spacial score (nSPS) is 12.4. The van der Waals surface area contributed by atoms with E-state index in [4.69, 9.17) is 11.6 Å². The first-order chi connectivity index (χ1) is 9.61. The lowest BCUT2D eigenvalue weighted by Crippen LogP contribution is -2.24. The Kier molecular flexibility index (Phi) is 5.10. The van der Waals surface area contributed by atoms with Crippen LogP contribution in [0.3, 0.4) is 0 Å². The average molecular weight is 293 g/mol. The Morgan fingerprint density at radius 1 is 1.35 bits per heavy atom. The number of pyridine rings is 1. The van der Waals surface area contributed by atoms with Crippen molar-refractivity contribution in [2.45, 2.75) is 26.3 Å². The van der Waals surface area contributed by atoms with Gasteiger partial charge in [-0.1, -0.05) is 24.6 Å². The molecule has 0 aliphatic rings. The molecule has 1 heterocycles. The van der Waals surface area contributed by atoms with Gasteiger partial charge in [-0.3, -0.25) is 4.98 Å². The molecule has 0 fully saturated rings. The van der Waals surface area contributed by atoms with Gasteiger partial charge in [0.05, 0.1) is 11.7 Å². The second-order valence-corrected chi connectivity index (χ2v) is 5.16. The minimum Gasteiger partial charge on any atom is -0.309 e. The Morgan fingerprint density at radius 3 is 2.85 bits per heavy atom. The molecular formula is C16H18ClFN2. The molecule has 20 heavy (non-hydrogen) atoms. The van der Waals surface area contributed by atoms with Crippen LogP contribution in [-0.4, -0.2) is 11.5 Å². The number of nitrogens with one attached hydrogen (secondary N) is 1. The number of likely N-dealkylation sites (N-methyl/N-ethyl adjacent to an activating group) is 1. The maximum Gasteiger partial charge on any atom is 0.123 e. The van der Waals surface area contributed by atoms with Gasteiger partial charge >= 0.3 is 0 Å². The van der Waals surface area contributed by atoms with E-state index in [2.05, 4.69) is 10.3 Å². The van der Waals surface area contributed by atoms with Crippen molar-refractivity contribution in [2.75, 3.05) is 6.54 Å². The summed E-state index contributed by atoms with van der Waals surface area (Å²) in [6.07, 6.45) is 2.39. The molecule has 2 aromatic rings. The van der Waals surface area contributed by atoms with E-state index in [9.17, 15) is 4.39 Å². The fraction of sp³-hybridized carbons (Fsp3) is 0.312. The fourth-order valence-corrected chi connectivity index (χ4v) is 2.49. The summed E-state index contributed by atoms with van der Waals surface area (Å²) in [6, 6.07) is 8.43. The summed E-state index contributed by atoms with van der Waals surface area (Å²) in [6.45, 7) is 4.88. The Labute approximate surface area is 124 Å².